The molecule has 13 rings (SSSR count). The Morgan fingerprint density at radius 1 is 0.523 bits per heavy atom. The molecule has 0 spiro atoms. The number of Topliss-reactive ketones (excluding diaryl/α,β-unsaturated/α-hetero) is 2. The first-order valence-corrected chi connectivity index (χ1v) is 30.7. The summed E-state index contributed by atoms with van der Waals surface area (Å²) in [7, 11) is 2.92. The van der Waals surface area contributed by atoms with Gasteiger partial charge in [0, 0.05) is 102 Å². The average molecular weight is 1270 g/mol. The van der Waals surface area contributed by atoms with Gasteiger partial charge in [-0.25, -0.2) is 17.6 Å². The second-order valence-corrected chi connectivity index (χ2v) is 24.7. The van der Waals surface area contributed by atoms with Crippen LogP contribution in [-0.2, 0) is 31.9 Å². The van der Waals surface area contributed by atoms with Crippen LogP contribution in [0.25, 0.3) is 0 Å². The number of ketones is 2. The first-order valence-electron chi connectivity index (χ1n) is 28.3. The molecule has 0 bridgehead atoms. The molecule has 32 heteroatoms. The van der Waals surface area contributed by atoms with E-state index in [9.17, 15) is 27.2 Å². The highest BCUT2D eigenvalue weighted by Gasteiger charge is 2.45. The second-order valence-electron chi connectivity index (χ2n) is 21.6. The summed E-state index contributed by atoms with van der Waals surface area (Å²) in [5.41, 5.74) is 8.10. The summed E-state index contributed by atoms with van der Waals surface area (Å²) >= 11 is 4.05. The molecule has 0 radical (unpaired) electrons. The average Bonchev–Trinajstić information content (AvgIpc) is 3.72. The summed E-state index contributed by atoms with van der Waals surface area (Å²) in [6, 6.07) is 26.2. The number of benzene rings is 2. The Morgan fingerprint density at radius 2 is 0.898 bits per heavy atom. The maximum atomic E-state index is 13.3. The fourth-order valence-corrected chi connectivity index (χ4v) is 13.0. The lowest BCUT2D eigenvalue weighted by Gasteiger charge is -2.40. The van der Waals surface area contributed by atoms with Crippen LogP contribution in [0.3, 0.4) is 0 Å². The lowest BCUT2D eigenvalue weighted by molar-refractivity contribution is -0.129. The van der Waals surface area contributed by atoms with Gasteiger partial charge in [-0.2, -0.15) is 15.3 Å². The van der Waals surface area contributed by atoms with Crippen LogP contribution in [0.15, 0.2) is 104 Å². The van der Waals surface area contributed by atoms with E-state index in [1.807, 2.05) is 36.4 Å². The van der Waals surface area contributed by atoms with Crippen molar-refractivity contribution >= 4 is 94.9 Å². The maximum Gasteiger partial charge on any atom is 0.282 e. The molecule has 5 saturated heterocycles. The lowest BCUT2D eigenvalue weighted by Crippen LogP contribution is -2.56. The van der Waals surface area contributed by atoms with Crippen molar-refractivity contribution in [2.24, 2.45) is 0 Å². The van der Waals surface area contributed by atoms with E-state index in [1.54, 1.807) is 76.9 Å². The minimum atomic E-state index is -2.66. The zero-order valence-electron chi connectivity index (χ0n) is 47.9. The molecule has 5 aliphatic heterocycles. The van der Waals surface area contributed by atoms with Gasteiger partial charge < -0.3 is 55.7 Å². The molecule has 0 saturated carbocycles. The predicted molar refractivity (Wildman–Crippen MR) is 327 cm³/mol. The van der Waals surface area contributed by atoms with Crippen LogP contribution < -0.4 is 46.2 Å². The van der Waals surface area contributed by atoms with E-state index in [0.29, 0.717) is 54.0 Å². The van der Waals surface area contributed by atoms with Crippen molar-refractivity contribution < 1.29 is 36.6 Å². The van der Waals surface area contributed by atoms with E-state index in [4.69, 9.17) is 15.2 Å². The minimum Gasteiger partial charge on any atom is -0.374 e. The van der Waals surface area contributed by atoms with Crippen molar-refractivity contribution in [3.8, 4) is 0 Å². The van der Waals surface area contributed by atoms with Gasteiger partial charge in [-0.05, 0) is 91.1 Å². The molecule has 11 heterocycles. The quantitative estimate of drug-likeness (QED) is 0.0555. The van der Waals surface area contributed by atoms with Crippen LogP contribution in [0.1, 0.15) is 52.6 Å². The van der Waals surface area contributed by atoms with Crippen LogP contribution in [-0.4, -0.2) is 182 Å². The monoisotopic (exact) mass is 1270 g/mol. The van der Waals surface area contributed by atoms with Crippen molar-refractivity contribution in [2.45, 2.75) is 74.3 Å². The van der Waals surface area contributed by atoms with E-state index in [0.717, 1.165) is 81.1 Å². The van der Waals surface area contributed by atoms with E-state index in [1.165, 1.54) is 48.2 Å². The topological polar surface area (TPSA) is 286 Å². The van der Waals surface area contributed by atoms with E-state index in [2.05, 4.69) is 91.8 Å². The molecule has 5 aliphatic rings. The van der Waals surface area contributed by atoms with E-state index >= 15 is 0 Å². The standard InChI is InChI=1S/2C23H25F2N7O2S.C10H13N7S/c2*1-34-21(15-4-2-5-17(10-15)32-13-23(24,25)14-32)18(33)11-20-29-30-22(35-20)27-16-7-9-31(12-16)19-6-3-8-26-28-19;11-9-15-16-10(18-9)13-7-3-5-17(6-7)8-2-1-4-12-14-8/h2*2-6,8,10,16,21H,7,9,11-14H2,1H3,(H,27,30);1-2,4,7H,3,5-6H2,(H2,11,15)(H,13,16)/t16-,21+;16-,21-;7-/m111/s1. The number of hydrogen-bond acceptors (Lipinski definition) is 28. The van der Waals surface area contributed by atoms with Crippen molar-refractivity contribution in [3.05, 3.63) is 125 Å². The summed E-state index contributed by atoms with van der Waals surface area (Å²) in [4.78, 5) is 35.7. The highest BCUT2D eigenvalue weighted by atomic mass is 32.1. The highest BCUT2D eigenvalue weighted by molar-refractivity contribution is 7.18. The summed E-state index contributed by atoms with van der Waals surface area (Å²) in [5, 5.41) is 62.5. The molecule has 8 aromatic rings. The smallest absolute Gasteiger partial charge is 0.282 e. The first kappa shape index (κ1) is 61.2. The Hall–Kier alpha value is -8.46. The number of hydrogen-bond donors (Lipinski definition) is 4. The van der Waals surface area contributed by atoms with Gasteiger partial charge in [-0.3, -0.25) is 9.59 Å². The summed E-state index contributed by atoms with van der Waals surface area (Å²) in [6.07, 6.45) is 6.39. The van der Waals surface area contributed by atoms with Crippen LogP contribution in [0.2, 0.25) is 0 Å². The van der Waals surface area contributed by atoms with Gasteiger partial charge in [0.15, 0.2) is 29.0 Å². The molecule has 0 unspecified atom stereocenters. The second kappa shape index (κ2) is 27.7. The molecule has 5 fully saturated rings. The van der Waals surface area contributed by atoms with E-state index in [-0.39, 0.29) is 62.7 Å². The van der Waals surface area contributed by atoms with Gasteiger partial charge in [-0.15, -0.1) is 45.9 Å². The number of carbonyl (C=O) groups excluding carboxylic acids is 2. The van der Waals surface area contributed by atoms with Crippen molar-refractivity contribution in [1.82, 2.24) is 61.2 Å². The lowest BCUT2D eigenvalue weighted by atomic mass is 10.0. The minimum absolute atomic E-state index is 0.0697. The molecular weight excluding hydrogens is 1200 g/mol. The number of aromatic nitrogens is 12. The number of nitrogens with one attached hydrogen (secondary N) is 3. The Labute approximate surface area is 515 Å². The fraction of sp³-hybridized carbons (Fsp3) is 0.429. The molecule has 0 amide bonds. The third-order valence-corrected chi connectivity index (χ3v) is 17.4. The molecule has 6 aromatic heterocycles. The Balaban J connectivity index is 0.000000144. The predicted octanol–water partition coefficient (Wildman–Crippen LogP) is 6.55. The number of anilines is 9. The van der Waals surface area contributed by atoms with Gasteiger partial charge in [0.25, 0.3) is 11.8 Å². The Bertz CT molecular complexity index is 3380. The Kier molecular flexibility index (Phi) is 19.3. The highest BCUT2D eigenvalue weighted by Crippen LogP contribution is 2.36. The number of ether oxygens (including phenoxy) is 2. The molecule has 5 atom stereocenters. The van der Waals surface area contributed by atoms with Gasteiger partial charge in [0.05, 0.1) is 39.0 Å². The molecule has 88 heavy (non-hydrogen) atoms. The third-order valence-electron chi connectivity index (χ3n) is 15.0. The first-order chi connectivity index (χ1) is 42.6. The maximum absolute atomic E-state index is 13.3. The summed E-state index contributed by atoms with van der Waals surface area (Å²) in [5.74, 6) is -3.06. The van der Waals surface area contributed by atoms with Crippen LogP contribution in [0.4, 0.5) is 66.9 Å². The normalized spacial score (nSPS) is 19.8. The number of nitrogen functional groups attached to an aromatic ring is 1. The van der Waals surface area contributed by atoms with Gasteiger partial charge in [0.2, 0.25) is 20.5 Å². The number of halogens is 4. The van der Waals surface area contributed by atoms with Crippen LogP contribution >= 0.6 is 34.0 Å². The molecule has 462 valence electrons. The number of rotatable bonds is 21. The number of alkyl halides is 4. The molecule has 25 nitrogen and oxygen atoms in total. The fourth-order valence-electron chi connectivity index (χ4n) is 10.8. The van der Waals surface area contributed by atoms with Gasteiger partial charge in [0.1, 0.15) is 22.2 Å². The molecule has 2 aromatic carbocycles. The number of carbonyl (C=O) groups is 2. The van der Waals surface area contributed by atoms with E-state index < -0.39 is 24.1 Å². The zero-order chi connectivity index (χ0) is 61.2. The van der Waals surface area contributed by atoms with Crippen LogP contribution in [0.5, 0.6) is 0 Å². The number of nitrogens with zero attached hydrogens (tertiary/aromatic N) is 17. The molecule has 0 aliphatic carbocycles. The Morgan fingerprint density at radius 3 is 1.23 bits per heavy atom. The summed E-state index contributed by atoms with van der Waals surface area (Å²) in [6.45, 7) is 3.85. The van der Waals surface area contributed by atoms with Crippen LogP contribution in [0, 0.1) is 0 Å². The third kappa shape index (κ3) is 15.8. The number of nitrogens with two attached hydrogens (primary N) is 1. The van der Waals surface area contributed by atoms with Gasteiger partial charge in [-0.1, -0.05) is 58.3 Å². The van der Waals surface area contributed by atoms with Gasteiger partial charge >= 0.3 is 0 Å². The van der Waals surface area contributed by atoms with Crippen molar-refractivity contribution in [2.75, 3.05) is 126 Å². The SMILES string of the molecule is CO[C@@H](C(=O)Cc1nnc(N[C@@H]2CCN(c3cccnn3)C2)s1)c1cccc(N2CC(F)(F)C2)c1.CO[C@H](C(=O)Cc1nnc(N[C@@H]2CCN(c3cccnn3)C2)s1)c1cccc(N2CC(F)(F)C2)c1.Nc1nnc(N[C@@H]2CCN(c3cccnn3)C2)s1. The number of methoxy groups -OCH3 is 2. The zero-order valence-corrected chi connectivity index (χ0v) is 50.3. The molecule has 5 N–H and O–H groups in total. The van der Waals surface area contributed by atoms with Crippen molar-refractivity contribution in [1.29, 1.82) is 0 Å². The summed E-state index contributed by atoms with van der Waals surface area (Å²) < 4.78 is 64.0. The largest absolute Gasteiger partial charge is 0.374 e. The molecular formula is C56H63F4N21O4S3. The van der Waals surface area contributed by atoms with Crippen molar-refractivity contribution in [3.63, 3.8) is 0 Å².